The van der Waals surface area contributed by atoms with Crippen LogP contribution in [0.2, 0.25) is 5.02 Å². The van der Waals surface area contributed by atoms with Gasteiger partial charge in [0.25, 0.3) is 0 Å². The highest BCUT2D eigenvalue weighted by atomic mass is 35.5. The predicted molar refractivity (Wildman–Crippen MR) is 73.2 cm³/mol. The van der Waals surface area contributed by atoms with Crippen LogP contribution in [0, 0.1) is 0 Å². The molecule has 0 aromatic heterocycles. The summed E-state index contributed by atoms with van der Waals surface area (Å²) in [5, 5.41) is 0.498. The van der Waals surface area contributed by atoms with Gasteiger partial charge in [-0.1, -0.05) is 23.7 Å². The number of anilines is 1. The van der Waals surface area contributed by atoms with Crippen LogP contribution in [0.4, 0.5) is 5.69 Å². The Labute approximate surface area is 111 Å². The van der Waals surface area contributed by atoms with E-state index < -0.39 is 0 Å². The minimum absolute atomic E-state index is 0.456. The molecule has 0 atom stereocenters. The lowest BCUT2D eigenvalue weighted by molar-refractivity contribution is 0.305. The maximum atomic E-state index is 5.92. The normalized spacial score (nSPS) is 10.1. The van der Waals surface area contributed by atoms with Crippen LogP contribution >= 0.6 is 11.6 Å². The van der Waals surface area contributed by atoms with Crippen molar-refractivity contribution in [3.05, 3.63) is 53.1 Å². The molecular weight excluding hydrogens is 250 g/mol. The lowest BCUT2D eigenvalue weighted by Gasteiger charge is -2.08. The zero-order valence-corrected chi connectivity index (χ0v) is 10.8. The molecule has 0 fully saturated rings. The maximum absolute atomic E-state index is 5.92. The highest BCUT2D eigenvalue weighted by Crippen LogP contribution is 2.25. The fourth-order valence-corrected chi connectivity index (χ4v) is 1.70. The molecule has 0 radical (unpaired) electrons. The predicted octanol–water partition coefficient (Wildman–Crippen LogP) is 3.51. The molecule has 0 aliphatic carbocycles. The van der Waals surface area contributed by atoms with E-state index in [4.69, 9.17) is 26.8 Å². The minimum Gasteiger partial charge on any atom is -0.497 e. The first kappa shape index (κ1) is 12.6. The molecule has 0 aliphatic heterocycles. The van der Waals surface area contributed by atoms with Crippen molar-refractivity contribution >= 4 is 17.3 Å². The molecule has 2 rings (SSSR count). The highest BCUT2D eigenvalue weighted by Gasteiger charge is 2.01. The number of nitrogens with two attached hydrogens (primary N) is 1. The molecule has 2 aromatic rings. The molecule has 0 spiro atoms. The van der Waals surface area contributed by atoms with E-state index in [0.717, 1.165) is 11.3 Å². The Hall–Kier alpha value is -1.87. The van der Waals surface area contributed by atoms with E-state index in [1.807, 2.05) is 24.3 Å². The van der Waals surface area contributed by atoms with Crippen LogP contribution in [0.15, 0.2) is 42.5 Å². The topological polar surface area (TPSA) is 44.5 Å². The quantitative estimate of drug-likeness (QED) is 0.859. The van der Waals surface area contributed by atoms with Crippen LogP contribution in [0.3, 0.4) is 0 Å². The average molecular weight is 264 g/mol. The maximum Gasteiger partial charge on any atom is 0.121 e. The zero-order valence-electron chi connectivity index (χ0n) is 10.0. The Balaban J connectivity index is 2.04. The molecule has 0 aliphatic rings. The van der Waals surface area contributed by atoms with Crippen molar-refractivity contribution in [3.8, 4) is 11.5 Å². The summed E-state index contributed by atoms with van der Waals surface area (Å²) in [7, 11) is 1.64. The number of methoxy groups -OCH3 is 1. The van der Waals surface area contributed by atoms with Crippen LogP contribution in [-0.4, -0.2) is 7.11 Å². The van der Waals surface area contributed by atoms with E-state index in [0.29, 0.717) is 23.1 Å². The van der Waals surface area contributed by atoms with Crippen LogP contribution in [0.1, 0.15) is 5.56 Å². The van der Waals surface area contributed by atoms with Gasteiger partial charge in [0, 0.05) is 6.07 Å². The third-order valence-electron chi connectivity index (χ3n) is 2.51. The molecule has 0 bridgehead atoms. The third kappa shape index (κ3) is 3.08. The number of hydrogen-bond donors (Lipinski definition) is 1. The second-order valence-corrected chi connectivity index (χ2v) is 4.23. The summed E-state index contributed by atoms with van der Waals surface area (Å²) in [6, 6.07) is 12.9. The molecule has 4 heteroatoms. The number of rotatable bonds is 4. The van der Waals surface area contributed by atoms with Crippen molar-refractivity contribution in [2.45, 2.75) is 6.61 Å². The fraction of sp³-hybridized carbons (Fsp3) is 0.143. The summed E-state index contributed by atoms with van der Waals surface area (Å²) in [6.07, 6.45) is 0. The molecule has 3 nitrogen and oxygen atoms in total. The van der Waals surface area contributed by atoms with Crippen LogP contribution in [-0.2, 0) is 6.61 Å². The van der Waals surface area contributed by atoms with E-state index in [-0.39, 0.29) is 0 Å². The summed E-state index contributed by atoms with van der Waals surface area (Å²) < 4.78 is 10.8. The first-order chi connectivity index (χ1) is 8.69. The number of halogens is 1. The summed E-state index contributed by atoms with van der Waals surface area (Å²) in [5.41, 5.74) is 7.21. The number of benzene rings is 2. The van der Waals surface area contributed by atoms with Gasteiger partial charge in [-0.25, -0.2) is 0 Å². The van der Waals surface area contributed by atoms with Gasteiger partial charge < -0.3 is 15.2 Å². The van der Waals surface area contributed by atoms with Gasteiger partial charge in [0.05, 0.1) is 17.8 Å². The molecule has 0 unspecified atom stereocenters. The molecule has 0 amide bonds. The molecule has 2 N–H and O–H groups in total. The molecular formula is C14H14ClNO2. The number of hydrogen-bond acceptors (Lipinski definition) is 3. The number of ether oxygens (including phenoxy) is 2. The summed E-state index contributed by atoms with van der Waals surface area (Å²) in [6.45, 7) is 0.456. The van der Waals surface area contributed by atoms with Crippen LogP contribution in [0.5, 0.6) is 11.5 Å². The summed E-state index contributed by atoms with van der Waals surface area (Å²) in [5.74, 6) is 1.50. The number of nitrogen functional groups attached to an aromatic ring is 1. The van der Waals surface area contributed by atoms with Gasteiger partial charge in [-0.3, -0.25) is 0 Å². The van der Waals surface area contributed by atoms with Crippen LogP contribution in [0.25, 0.3) is 0 Å². The van der Waals surface area contributed by atoms with Crippen molar-refractivity contribution in [1.82, 2.24) is 0 Å². The van der Waals surface area contributed by atoms with Gasteiger partial charge in [0.15, 0.2) is 0 Å². The molecule has 0 heterocycles. The fourth-order valence-electron chi connectivity index (χ4n) is 1.53. The molecule has 2 aromatic carbocycles. The standard InChI is InChI=1S/C14H14ClNO2/c1-17-11-4-2-3-10(7-11)9-18-12-5-6-14(16)13(15)8-12/h2-8H,9,16H2,1H3. The van der Waals surface area contributed by atoms with Crippen LogP contribution < -0.4 is 15.2 Å². The van der Waals surface area contributed by atoms with Gasteiger partial charge in [-0.05, 0) is 29.8 Å². The third-order valence-corrected chi connectivity index (χ3v) is 2.84. The Morgan fingerprint density at radius 2 is 1.94 bits per heavy atom. The first-order valence-corrected chi connectivity index (χ1v) is 5.87. The second-order valence-electron chi connectivity index (χ2n) is 3.82. The van der Waals surface area contributed by atoms with Gasteiger partial charge in [-0.2, -0.15) is 0 Å². The largest absolute Gasteiger partial charge is 0.497 e. The molecule has 94 valence electrons. The minimum atomic E-state index is 0.456. The Bertz CT molecular complexity index is 543. The van der Waals surface area contributed by atoms with Gasteiger partial charge in [0.1, 0.15) is 18.1 Å². The molecule has 0 saturated carbocycles. The lowest BCUT2D eigenvalue weighted by atomic mass is 10.2. The van der Waals surface area contributed by atoms with Crippen molar-refractivity contribution in [3.63, 3.8) is 0 Å². The van der Waals surface area contributed by atoms with Crippen molar-refractivity contribution in [1.29, 1.82) is 0 Å². The smallest absolute Gasteiger partial charge is 0.121 e. The Morgan fingerprint density at radius 3 is 2.67 bits per heavy atom. The SMILES string of the molecule is COc1cccc(COc2ccc(N)c(Cl)c2)c1. The first-order valence-electron chi connectivity index (χ1n) is 5.50. The van der Waals surface area contributed by atoms with Gasteiger partial charge >= 0.3 is 0 Å². The van der Waals surface area contributed by atoms with Crippen molar-refractivity contribution < 1.29 is 9.47 Å². The average Bonchev–Trinajstić information content (AvgIpc) is 2.40. The summed E-state index contributed by atoms with van der Waals surface area (Å²) in [4.78, 5) is 0. The second kappa shape index (κ2) is 5.65. The Kier molecular flexibility index (Phi) is 3.95. The zero-order chi connectivity index (χ0) is 13.0. The molecule has 18 heavy (non-hydrogen) atoms. The van der Waals surface area contributed by atoms with Crippen molar-refractivity contribution in [2.24, 2.45) is 0 Å². The van der Waals surface area contributed by atoms with Crippen molar-refractivity contribution in [2.75, 3.05) is 12.8 Å². The van der Waals surface area contributed by atoms with E-state index in [2.05, 4.69) is 0 Å². The molecule has 0 saturated heterocycles. The van der Waals surface area contributed by atoms with E-state index in [1.54, 1.807) is 25.3 Å². The highest BCUT2D eigenvalue weighted by molar-refractivity contribution is 6.33. The van der Waals surface area contributed by atoms with E-state index in [9.17, 15) is 0 Å². The van der Waals surface area contributed by atoms with E-state index in [1.165, 1.54) is 0 Å². The van der Waals surface area contributed by atoms with Gasteiger partial charge in [-0.15, -0.1) is 0 Å². The Morgan fingerprint density at radius 1 is 1.11 bits per heavy atom. The van der Waals surface area contributed by atoms with E-state index >= 15 is 0 Å². The van der Waals surface area contributed by atoms with Gasteiger partial charge in [0.2, 0.25) is 0 Å². The monoisotopic (exact) mass is 263 g/mol. The lowest BCUT2D eigenvalue weighted by Crippen LogP contribution is -1.96. The summed E-state index contributed by atoms with van der Waals surface area (Å²) >= 11 is 5.92.